The number of nitrogens with zero attached hydrogens (tertiary/aromatic N) is 2. The van der Waals surface area contributed by atoms with Gasteiger partial charge in [0.2, 0.25) is 0 Å². The SMILES string of the molecule is COBN1CCC[C@@H](OS(=O)(=O)c2ccccc2[N+](=O)[O-])C1. The number of para-hydroxylation sites is 1. The van der Waals surface area contributed by atoms with Crippen molar-refractivity contribution in [1.82, 2.24) is 4.81 Å². The summed E-state index contributed by atoms with van der Waals surface area (Å²) < 4.78 is 34.9. The number of benzene rings is 1. The molecular weight excluding hydrogens is 311 g/mol. The van der Waals surface area contributed by atoms with E-state index in [2.05, 4.69) is 0 Å². The molecule has 1 heterocycles. The Hall–Kier alpha value is -1.49. The van der Waals surface area contributed by atoms with E-state index in [-0.39, 0.29) is 0 Å². The molecule has 1 atom stereocenters. The molecule has 0 unspecified atom stereocenters. The first-order chi connectivity index (χ1) is 10.4. The van der Waals surface area contributed by atoms with Gasteiger partial charge in [-0.3, -0.25) is 14.3 Å². The zero-order valence-electron chi connectivity index (χ0n) is 12.2. The predicted octanol–water partition coefficient (Wildman–Crippen LogP) is 0.677. The van der Waals surface area contributed by atoms with Gasteiger partial charge >= 0.3 is 17.7 Å². The maximum Gasteiger partial charge on any atom is 0.363 e. The van der Waals surface area contributed by atoms with Crippen LogP contribution in [0, 0.1) is 10.1 Å². The molecule has 1 saturated heterocycles. The zero-order chi connectivity index (χ0) is 16.2. The number of hydrogen-bond acceptors (Lipinski definition) is 7. The van der Waals surface area contributed by atoms with E-state index in [0.29, 0.717) is 20.6 Å². The number of nitro groups is 1. The fraction of sp³-hybridized carbons (Fsp3) is 0.500. The number of piperidine rings is 1. The highest BCUT2D eigenvalue weighted by atomic mass is 32.2. The lowest BCUT2D eigenvalue weighted by Crippen LogP contribution is -2.43. The van der Waals surface area contributed by atoms with Crippen LogP contribution < -0.4 is 0 Å². The lowest BCUT2D eigenvalue weighted by molar-refractivity contribution is -0.387. The molecule has 1 aromatic rings. The van der Waals surface area contributed by atoms with E-state index in [9.17, 15) is 18.5 Å². The number of hydrogen-bond donors (Lipinski definition) is 0. The van der Waals surface area contributed by atoms with Crippen molar-refractivity contribution in [2.24, 2.45) is 0 Å². The van der Waals surface area contributed by atoms with Crippen molar-refractivity contribution in [3.05, 3.63) is 34.4 Å². The smallest absolute Gasteiger partial charge is 0.363 e. The van der Waals surface area contributed by atoms with Crippen LogP contribution in [0.4, 0.5) is 5.69 Å². The summed E-state index contributed by atoms with van der Waals surface area (Å²) in [7, 11) is -2.22. The average molecular weight is 328 g/mol. The molecule has 0 aromatic heterocycles. The van der Waals surface area contributed by atoms with Crippen LogP contribution in [-0.2, 0) is 19.0 Å². The van der Waals surface area contributed by atoms with Crippen LogP contribution >= 0.6 is 0 Å². The van der Waals surface area contributed by atoms with E-state index in [4.69, 9.17) is 8.84 Å². The molecule has 0 amide bonds. The molecule has 10 heteroatoms. The van der Waals surface area contributed by atoms with Gasteiger partial charge in [-0.15, -0.1) is 0 Å². The summed E-state index contributed by atoms with van der Waals surface area (Å²) in [5, 5.41) is 11.0. The molecule has 0 bridgehead atoms. The molecule has 0 aliphatic carbocycles. The normalized spacial score (nSPS) is 19.8. The summed E-state index contributed by atoms with van der Waals surface area (Å²) in [4.78, 5) is 11.8. The Morgan fingerprint density at radius 2 is 2.14 bits per heavy atom. The van der Waals surface area contributed by atoms with Gasteiger partial charge < -0.3 is 9.47 Å². The van der Waals surface area contributed by atoms with E-state index in [0.717, 1.165) is 19.0 Å². The van der Waals surface area contributed by atoms with Crippen LogP contribution in [0.1, 0.15) is 12.8 Å². The van der Waals surface area contributed by atoms with Crippen molar-refractivity contribution >= 4 is 23.4 Å². The van der Waals surface area contributed by atoms with Gasteiger partial charge in [-0.2, -0.15) is 8.42 Å². The minimum Gasteiger partial charge on any atom is -0.427 e. The summed E-state index contributed by atoms with van der Waals surface area (Å²) in [6, 6.07) is 5.18. The van der Waals surface area contributed by atoms with E-state index in [1.54, 1.807) is 7.11 Å². The fourth-order valence-corrected chi connectivity index (χ4v) is 3.70. The van der Waals surface area contributed by atoms with Gasteiger partial charge in [0.15, 0.2) is 4.90 Å². The van der Waals surface area contributed by atoms with Gasteiger partial charge in [-0.05, 0) is 25.5 Å². The maximum absolute atomic E-state index is 12.3. The zero-order valence-corrected chi connectivity index (χ0v) is 13.0. The van der Waals surface area contributed by atoms with Crippen LogP contribution in [0.2, 0.25) is 0 Å². The number of nitro benzene ring substituents is 1. The second-order valence-corrected chi connectivity index (χ2v) is 6.57. The first-order valence-corrected chi connectivity index (χ1v) is 8.23. The Kier molecular flexibility index (Phi) is 5.51. The third-order valence-corrected chi connectivity index (χ3v) is 4.78. The largest absolute Gasteiger partial charge is 0.427 e. The van der Waals surface area contributed by atoms with Crippen LogP contribution in [0.5, 0.6) is 0 Å². The summed E-state index contributed by atoms with van der Waals surface area (Å²) >= 11 is 0. The molecule has 0 saturated carbocycles. The number of rotatable bonds is 6. The minimum atomic E-state index is -4.18. The van der Waals surface area contributed by atoms with Crippen LogP contribution in [0.15, 0.2) is 29.2 Å². The van der Waals surface area contributed by atoms with E-state index in [1.807, 2.05) is 4.81 Å². The van der Waals surface area contributed by atoms with Crippen molar-refractivity contribution in [2.75, 3.05) is 20.2 Å². The first-order valence-electron chi connectivity index (χ1n) is 6.82. The second kappa shape index (κ2) is 7.18. The molecule has 22 heavy (non-hydrogen) atoms. The molecule has 0 radical (unpaired) electrons. The quantitative estimate of drug-likeness (QED) is 0.328. The van der Waals surface area contributed by atoms with E-state index < -0.39 is 31.7 Å². The highest BCUT2D eigenvalue weighted by Gasteiger charge is 2.31. The van der Waals surface area contributed by atoms with Crippen molar-refractivity contribution in [3.8, 4) is 0 Å². The molecule has 0 N–H and O–H groups in total. The van der Waals surface area contributed by atoms with Gasteiger partial charge in [-0.1, -0.05) is 12.1 Å². The molecule has 120 valence electrons. The summed E-state index contributed by atoms with van der Waals surface area (Å²) in [6.45, 7) is 1.22. The van der Waals surface area contributed by atoms with Gasteiger partial charge in [0, 0.05) is 19.7 Å². The van der Waals surface area contributed by atoms with Crippen molar-refractivity contribution in [1.29, 1.82) is 0 Å². The van der Waals surface area contributed by atoms with Gasteiger partial charge in [0.05, 0.1) is 11.0 Å². The highest BCUT2D eigenvalue weighted by Crippen LogP contribution is 2.27. The molecule has 0 spiro atoms. The molecule has 2 rings (SSSR count). The topological polar surface area (TPSA) is 99.0 Å². The Morgan fingerprint density at radius 3 is 2.82 bits per heavy atom. The molecule has 1 aromatic carbocycles. The standard InChI is InChI=1S/C12H17BN2O6S/c1-20-13-14-8-4-5-10(9-14)21-22(18,19)12-7-3-2-6-11(12)15(16)17/h2-3,6-7,10,13H,4-5,8-9H2,1H3/t10-/m1/s1. The summed E-state index contributed by atoms with van der Waals surface area (Å²) in [6.07, 6.45) is 0.828. The first kappa shape index (κ1) is 16.9. The molecule has 1 aliphatic heterocycles. The van der Waals surface area contributed by atoms with Gasteiger partial charge in [0.25, 0.3) is 5.69 Å². The fourth-order valence-electron chi connectivity index (χ4n) is 2.44. The molecule has 1 aliphatic rings. The average Bonchev–Trinajstić information content (AvgIpc) is 2.47. The lowest BCUT2D eigenvalue weighted by atomic mass is 10.0. The maximum atomic E-state index is 12.3. The van der Waals surface area contributed by atoms with Gasteiger partial charge in [-0.25, -0.2) is 0 Å². The monoisotopic (exact) mass is 328 g/mol. The van der Waals surface area contributed by atoms with Crippen LogP contribution in [0.3, 0.4) is 0 Å². The molecule has 8 nitrogen and oxygen atoms in total. The Bertz CT molecular complexity index is 636. The van der Waals surface area contributed by atoms with E-state index in [1.165, 1.54) is 18.2 Å². The molecular formula is C12H17BN2O6S. The molecule has 1 fully saturated rings. The van der Waals surface area contributed by atoms with Crippen LogP contribution in [0.25, 0.3) is 0 Å². The highest BCUT2D eigenvalue weighted by molar-refractivity contribution is 7.87. The lowest BCUT2D eigenvalue weighted by Gasteiger charge is -2.30. The second-order valence-electron chi connectivity index (χ2n) is 5.03. The van der Waals surface area contributed by atoms with Crippen LogP contribution in [-0.4, -0.2) is 52.1 Å². The Balaban J connectivity index is 2.16. The summed E-state index contributed by atoms with van der Waals surface area (Å²) in [5.74, 6) is 0. The minimum absolute atomic E-state index is 0.394. The Labute approximate surface area is 129 Å². The van der Waals surface area contributed by atoms with Crippen molar-refractivity contribution in [3.63, 3.8) is 0 Å². The Morgan fingerprint density at radius 1 is 1.41 bits per heavy atom. The summed E-state index contributed by atoms with van der Waals surface area (Å²) in [5.41, 5.74) is -0.480. The predicted molar refractivity (Wildman–Crippen MR) is 80.1 cm³/mol. The van der Waals surface area contributed by atoms with E-state index >= 15 is 0 Å². The van der Waals surface area contributed by atoms with Crippen molar-refractivity contribution in [2.45, 2.75) is 23.8 Å². The van der Waals surface area contributed by atoms with Crippen molar-refractivity contribution < 1.29 is 22.2 Å². The third kappa shape index (κ3) is 4.04. The third-order valence-electron chi connectivity index (χ3n) is 3.37. The van der Waals surface area contributed by atoms with Gasteiger partial charge in [0.1, 0.15) is 0 Å².